The van der Waals surface area contributed by atoms with Gasteiger partial charge in [0.05, 0.1) is 11.0 Å². The fourth-order valence-corrected chi connectivity index (χ4v) is 2.64. The van der Waals surface area contributed by atoms with Crippen molar-refractivity contribution in [1.82, 2.24) is 9.97 Å². The second-order valence-electron chi connectivity index (χ2n) is 4.38. The lowest BCUT2D eigenvalue weighted by Crippen LogP contribution is -1.79. The molecule has 4 aromatic rings. The second-order valence-corrected chi connectivity index (χ2v) is 4.82. The molecule has 0 atom stereocenters. The van der Waals surface area contributed by atoms with Gasteiger partial charge in [0.1, 0.15) is 0 Å². The Morgan fingerprint density at radius 3 is 2.78 bits per heavy atom. The molecule has 2 heterocycles. The zero-order chi connectivity index (χ0) is 12.1. The Hall–Kier alpha value is -2.06. The molecule has 0 radical (unpaired) electrons. The van der Waals surface area contributed by atoms with E-state index >= 15 is 0 Å². The Bertz CT molecular complexity index is 893. The number of halogens is 1. The fourth-order valence-electron chi connectivity index (χ4n) is 2.47. The van der Waals surface area contributed by atoms with Gasteiger partial charge in [0.2, 0.25) is 0 Å². The van der Waals surface area contributed by atoms with E-state index in [0.29, 0.717) is 0 Å². The molecule has 0 unspecified atom stereocenters. The molecule has 3 heteroatoms. The van der Waals surface area contributed by atoms with Gasteiger partial charge < -0.3 is 4.98 Å². The third-order valence-electron chi connectivity index (χ3n) is 3.31. The average molecular weight is 253 g/mol. The minimum absolute atomic E-state index is 0.742. The van der Waals surface area contributed by atoms with Gasteiger partial charge in [-0.2, -0.15) is 0 Å². The van der Waals surface area contributed by atoms with Crippen LogP contribution in [0, 0.1) is 0 Å². The lowest BCUT2D eigenvalue weighted by Gasteiger charge is -1.97. The van der Waals surface area contributed by atoms with Gasteiger partial charge in [-0.1, -0.05) is 35.9 Å². The lowest BCUT2D eigenvalue weighted by molar-refractivity contribution is 1.44. The summed E-state index contributed by atoms with van der Waals surface area (Å²) in [6.45, 7) is 0. The fraction of sp³-hybridized carbons (Fsp3) is 0. The average Bonchev–Trinajstić information content (AvgIpc) is 2.76. The second kappa shape index (κ2) is 3.47. The number of pyridine rings is 1. The Morgan fingerprint density at radius 1 is 0.944 bits per heavy atom. The standard InChI is InChI=1S/C15H9ClN2/c16-9-5-6-10-12-8-17-13-4-2-1-3-11(13)15(12)18-14(10)7-9/h1-8,18H. The first-order valence-electron chi connectivity index (χ1n) is 5.77. The van der Waals surface area contributed by atoms with E-state index in [1.807, 2.05) is 42.6 Å². The number of nitrogens with one attached hydrogen (secondary N) is 1. The number of benzene rings is 2. The Balaban J connectivity index is 2.29. The van der Waals surface area contributed by atoms with Crippen LogP contribution in [0.5, 0.6) is 0 Å². The van der Waals surface area contributed by atoms with Gasteiger partial charge in [-0.15, -0.1) is 0 Å². The summed E-state index contributed by atoms with van der Waals surface area (Å²) in [5.74, 6) is 0. The lowest BCUT2D eigenvalue weighted by atomic mass is 10.1. The molecule has 0 fully saturated rings. The van der Waals surface area contributed by atoms with Crippen molar-refractivity contribution in [3.05, 3.63) is 53.7 Å². The summed E-state index contributed by atoms with van der Waals surface area (Å²) >= 11 is 6.03. The molecule has 86 valence electrons. The van der Waals surface area contributed by atoms with Gasteiger partial charge in [0, 0.05) is 32.9 Å². The Kier molecular flexibility index (Phi) is 1.91. The van der Waals surface area contributed by atoms with Gasteiger partial charge >= 0.3 is 0 Å². The molecule has 2 aromatic carbocycles. The summed E-state index contributed by atoms with van der Waals surface area (Å²) in [6, 6.07) is 14.0. The van der Waals surface area contributed by atoms with Crippen molar-refractivity contribution >= 4 is 44.3 Å². The number of nitrogens with zero attached hydrogens (tertiary/aromatic N) is 1. The molecule has 0 aliphatic rings. The van der Waals surface area contributed by atoms with E-state index in [4.69, 9.17) is 11.6 Å². The highest BCUT2D eigenvalue weighted by Crippen LogP contribution is 2.30. The molecule has 2 aromatic heterocycles. The maximum absolute atomic E-state index is 6.03. The van der Waals surface area contributed by atoms with Gasteiger partial charge in [-0.3, -0.25) is 4.98 Å². The van der Waals surface area contributed by atoms with Crippen LogP contribution in [0.2, 0.25) is 5.02 Å². The predicted octanol–water partition coefficient (Wildman–Crippen LogP) is 4.52. The Morgan fingerprint density at radius 2 is 1.83 bits per heavy atom. The largest absolute Gasteiger partial charge is 0.354 e. The molecule has 2 nitrogen and oxygen atoms in total. The summed E-state index contributed by atoms with van der Waals surface area (Å²) in [5.41, 5.74) is 3.18. The Labute approximate surface area is 108 Å². The first kappa shape index (κ1) is 9.92. The highest BCUT2D eigenvalue weighted by molar-refractivity contribution is 6.31. The number of hydrogen-bond donors (Lipinski definition) is 1. The minimum Gasteiger partial charge on any atom is -0.354 e. The molecule has 0 bridgehead atoms. The van der Waals surface area contributed by atoms with E-state index < -0.39 is 0 Å². The topological polar surface area (TPSA) is 28.7 Å². The zero-order valence-corrected chi connectivity index (χ0v) is 10.2. The van der Waals surface area contributed by atoms with Crippen LogP contribution in [0.25, 0.3) is 32.7 Å². The van der Waals surface area contributed by atoms with E-state index in [0.717, 1.165) is 37.7 Å². The molecule has 18 heavy (non-hydrogen) atoms. The number of rotatable bonds is 0. The summed E-state index contributed by atoms with van der Waals surface area (Å²) in [4.78, 5) is 7.94. The predicted molar refractivity (Wildman–Crippen MR) is 76.1 cm³/mol. The molecule has 0 saturated carbocycles. The normalized spacial score (nSPS) is 11.6. The molecule has 0 aliphatic heterocycles. The van der Waals surface area contributed by atoms with Crippen molar-refractivity contribution in [3.8, 4) is 0 Å². The van der Waals surface area contributed by atoms with Crippen molar-refractivity contribution in [3.63, 3.8) is 0 Å². The molecule has 4 rings (SSSR count). The maximum Gasteiger partial charge on any atom is 0.0723 e. The maximum atomic E-state index is 6.03. The van der Waals surface area contributed by atoms with Crippen LogP contribution < -0.4 is 0 Å². The van der Waals surface area contributed by atoms with E-state index in [1.54, 1.807) is 0 Å². The molecule has 0 aliphatic carbocycles. The number of aromatic amines is 1. The van der Waals surface area contributed by atoms with E-state index in [1.165, 1.54) is 0 Å². The van der Waals surface area contributed by atoms with Gasteiger partial charge in [-0.25, -0.2) is 0 Å². The van der Waals surface area contributed by atoms with Crippen molar-refractivity contribution in [2.45, 2.75) is 0 Å². The zero-order valence-electron chi connectivity index (χ0n) is 9.44. The molecule has 1 N–H and O–H groups in total. The quantitative estimate of drug-likeness (QED) is 0.490. The smallest absolute Gasteiger partial charge is 0.0723 e. The summed E-state index contributed by atoms with van der Waals surface area (Å²) in [7, 11) is 0. The van der Waals surface area contributed by atoms with Gasteiger partial charge in [0.25, 0.3) is 0 Å². The number of hydrogen-bond acceptors (Lipinski definition) is 1. The number of fused-ring (bicyclic) bond motifs is 5. The van der Waals surface area contributed by atoms with Crippen LogP contribution in [0.1, 0.15) is 0 Å². The van der Waals surface area contributed by atoms with E-state index in [9.17, 15) is 0 Å². The first-order valence-corrected chi connectivity index (χ1v) is 6.15. The monoisotopic (exact) mass is 252 g/mol. The molecular formula is C15H9ClN2. The van der Waals surface area contributed by atoms with Gasteiger partial charge in [0.15, 0.2) is 0 Å². The number of H-pyrrole nitrogens is 1. The summed E-state index contributed by atoms with van der Waals surface area (Å²) in [6.07, 6.45) is 1.92. The number of para-hydroxylation sites is 1. The highest BCUT2D eigenvalue weighted by Gasteiger charge is 2.08. The first-order chi connectivity index (χ1) is 8.83. The van der Waals surface area contributed by atoms with Crippen LogP contribution in [-0.4, -0.2) is 9.97 Å². The van der Waals surface area contributed by atoms with Crippen LogP contribution >= 0.6 is 11.6 Å². The summed E-state index contributed by atoms with van der Waals surface area (Å²) < 4.78 is 0. The molecule has 0 amide bonds. The molecule has 0 spiro atoms. The molecular weight excluding hydrogens is 244 g/mol. The van der Waals surface area contributed by atoms with E-state index in [-0.39, 0.29) is 0 Å². The van der Waals surface area contributed by atoms with Crippen molar-refractivity contribution in [2.75, 3.05) is 0 Å². The molecule has 0 saturated heterocycles. The van der Waals surface area contributed by atoms with Crippen molar-refractivity contribution in [2.24, 2.45) is 0 Å². The summed E-state index contributed by atoms with van der Waals surface area (Å²) in [5, 5.41) is 4.18. The van der Waals surface area contributed by atoms with Crippen LogP contribution in [0.4, 0.5) is 0 Å². The third kappa shape index (κ3) is 1.27. The van der Waals surface area contributed by atoms with E-state index in [2.05, 4.69) is 16.0 Å². The SMILES string of the molecule is Clc1ccc2c(c1)[nH]c1c3ccccc3ncc21. The van der Waals surface area contributed by atoms with Crippen molar-refractivity contribution < 1.29 is 0 Å². The van der Waals surface area contributed by atoms with Crippen LogP contribution in [0.15, 0.2) is 48.7 Å². The van der Waals surface area contributed by atoms with Crippen LogP contribution in [-0.2, 0) is 0 Å². The highest BCUT2D eigenvalue weighted by atomic mass is 35.5. The third-order valence-corrected chi connectivity index (χ3v) is 3.54. The number of aromatic nitrogens is 2. The van der Waals surface area contributed by atoms with Gasteiger partial charge in [-0.05, 0) is 18.2 Å². The van der Waals surface area contributed by atoms with Crippen LogP contribution in [0.3, 0.4) is 0 Å². The van der Waals surface area contributed by atoms with Crippen molar-refractivity contribution in [1.29, 1.82) is 0 Å². The minimum atomic E-state index is 0.742.